The fraction of sp³-hybridized carbons (Fsp3) is 0.263. The van der Waals surface area contributed by atoms with Crippen LogP contribution in [0, 0.1) is 0 Å². The third kappa shape index (κ3) is 4.98. The van der Waals surface area contributed by atoms with E-state index in [9.17, 15) is 31.2 Å². The summed E-state index contributed by atoms with van der Waals surface area (Å²) in [5.41, 5.74) is -1.19. The van der Waals surface area contributed by atoms with Crippen molar-refractivity contribution in [2.45, 2.75) is 23.9 Å². The zero-order valence-electron chi connectivity index (χ0n) is 15.0. The summed E-state index contributed by atoms with van der Waals surface area (Å²) in [5, 5.41) is 0. The number of ketones is 1. The molecule has 0 aliphatic heterocycles. The average molecular weight is 414 g/mol. The molecule has 0 fully saturated rings. The second-order valence-electron chi connectivity index (χ2n) is 5.97. The van der Waals surface area contributed by atoms with Gasteiger partial charge in [0.15, 0.2) is 15.6 Å². The number of carbonyl (C=O) groups excluding carboxylic acids is 2. The molecule has 2 aromatic carbocycles. The first kappa shape index (κ1) is 21.6. The lowest BCUT2D eigenvalue weighted by Gasteiger charge is -2.17. The fourth-order valence-electron chi connectivity index (χ4n) is 2.55. The van der Waals surface area contributed by atoms with E-state index in [2.05, 4.69) is 0 Å². The van der Waals surface area contributed by atoms with Gasteiger partial charge in [0, 0.05) is 11.8 Å². The van der Waals surface area contributed by atoms with Crippen LogP contribution in [0.2, 0.25) is 0 Å². The monoisotopic (exact) mass is 414 g/mol. The molecule has 28 heavy (non-hydrogen) atoms. The minimum Gasteiger partial charge on any atom is -0.465 e. The molecule has 0 spiro atoms. The number of Topliss-reactive ketones (excluding diaryl/α,β-unsaturated/α-hetero) is 1. The minimum absolute atomic E-state index is 0.0251. The van der Waals surface area contributed by atoms with Gasteiger partial charge in [0.05, 0.1) is 17.1 Å². The Kier molecular flexibility index (Phi) is 6.28. The van der Waals surface area contributed by atoms with Gasteiger partial charge in [-0.15, -0.1) is 0 Å². The van der Waals surface area contributed by atoms with Crippen LogP contribution in [-0.2, 0) is 25.5 Å². The Labute approximate surface area is 160 Å². The molecular weight excluding hydrogens is 397 g/mol. The number of alkyl halides is 3. The first-order valence-electron chi connectivity index (χ1n) is 8.13. The molecule has 0 aliphatic carbocycles. The summed E-state index contributed by atoms with van der Waals surface area (Å²) in [6, 6.07) is 8.69. The maximum Gasteiger partial charge on any atom is 0.416 e. The molecule has 0 bridgehead atoms. The first-order chi connectivity index (χ1) is 12.9. The highest BCUT2D eigenvalue weighted by atomic mass is 32.2. The maximum atomic E-state index is 13.0. The summed E-state index contributed by atoms with van der Waals surface area (Å²) < 4.78 is 66.9. The second-order valence-corrected chi connectivity index (χ2v) is 7.98. The van der Waals surface area contributed by atoms with E-state index in [0.717, 1.165) is 24.5 Å². The minimum atomic E-state index is -4.64. The van der Waals surface area contributed by atoms with Crippen molar-refractivity contribution in [1.29, 1.82) is 0 Å². The molecule has 9 heteroatoms. The summed E-state index contributed by atoms with van der Waals surface area (Å²) in [5.74, 6) is -3.39. The Morgan fingerprint density at radius 2 is 1.68 bits per heavy atom. The molecule has 0 aliphatic rings. The number of carbonyl (C=O) groups is 2. The summed E-state index contributed by atoms with van der Waals surface area (Å²) in [6.45, 7) is 1.45. The largest absolute Gasteiger partial charge is 0.465 e. The molecule has 0 aromatic heterocycles. The van der Waals surface area contributed by atoms with Gasteiger partial charge in [-0.25, -0.2) is 8.42 Å². The molecule has 2 rings (SSSR count). The lowest BCUT2D eigenvalue weighted by Crippen LogP contribution is -2.25. The van der Waals surface area contributed by atoms with Crippen molar-refractivity contribution in [3.63, 3.8) is 0 Å². The fourth-order valence-corrected chi connectivity index (χ4v) is 3.18. The van der Waals surface area contributed by atoms with Crippen molar-refractivity contribution in [2.75, 3.05) is 12.9 Å². The van der Waals surface area contributed by atoms with Gasteiger partial charge in [0.25, 0.3) is 0 Å². The van der Waals surface area contributed by atoms with E-state index in [1.165, 1.54) is 37.3 Å². The zero-order chi connectivity index (χ0) is 21.1. The van der Waals surface area contributed by atoms with Gasteiger partial charge in [-0.1, -0.05) is 30.3 Å². The number of sulfone groups is 1. The van der Waals surface area contributed by atoms with Crippen LogP contribution < -0.4 is 0 Å². The van der Waals surface area contributed by atoms with Crippen LogP contribution in [0.25, 0.3) is 0 Å². The van der Waals surface area contributed by atoms with E-state index in [4.69, 9.17) is 4.74 Å². The van der Waals surface area contributed by atoms with Gasteiger partial charge in [-0.2, -0.15) is 13.2 Å². The van der Waals surface area contributed by atoms with E-state index in [-0.39, 0.29) is 22.6 Å². The first-order valence-corrected chi connectivity index (χ1v) is 10.0. The number of ether oxygens (including phenoxy) is 1. The van der Waals surface area contributed by atoms with Crippen molar-refractivity contribution in [2.24, 2.45) is 0 Å². The third-order valence-corrected chi connectivity index (χ3v) is 5.03. The molecule has 150 valence electrons. The number of rotatable bonds is 6. The highest BCUT2D eigenvalue weighted by Crippen LogP contribution is 2.32. The predicted molar refractivity (Wildman–Crippen MR) is 94.7 cm³/mol. The number of halogens is 3. The SMILES string of the molecule is CCOC(=O)C(C(=O)c1ccc(S(C)(=O)=O)cc1)c1cccc(C(F)(F)F)c1. The quantitative estimate of drug-likeness (QED) is 0.410. The topological polar surface area (TPSA) is 77.5 Å². The molecular formula is C19H17F3O5S. The molecule has 0 saturated heterocycles. The van der Waals surface area contributed by atoms with Crippen LogP contribution in [0.1, 0.15) is 34.3 Å². The lowest BCUT2D eigenvalue weighted by molar-refractivity contribution is -0.144. The number of hydrogen-bond acceptors (Lipinski definition) is 5. The van der Waals surface area contributed by atoms with E-state index in [1.807, 2.05) is 0 Å². The zero-order valence-corrected chi connectivity index (χ0v) is 15.8. The van der Waals surface area contributed by atoms with Crippen LogP contribution in [0.5, 0.6) is 0 Å². The Hall–Kier alpha value is -2.68. The van der Waals surface area contributed by atoms with Crippen molar-refractivity contribution in [1.82, 2.24) is 0 Å². The molecule has 1 atom stereocenters. The Balaban J connectivity index is 2.49. The molecule has 0 saturated carbocycles. The van der Waals surface area contributed by atoms with Gasteiger partial charge in [0.2, 0.25) is 0 Å². The molecule has 5 nitrogen and oxygen atoms in total. The van der Waals surface area contributed by atoms with Gasteiger partial charge < -0.3 is 4.74 Å². The maximum absolute atomic E-state index is 13.0. The van der Waals surface area contributed by atoms with E-state index < -0.39 is 39.2 Å². The summed E-state index contributed by atoms with van der Waals surface area (Å²) in [4.78, 5) is 25.1. The van der Waals surface area contributed by atoms with E-state index in [0.29, 0.717) is 0 Å². The van der Waals surface area contributed by atoms with Gasteiger partial charge in [-0.3, -0.25) is 9.59 Å². The predicted octanol–water partition coefficient (Wildman–Crippen LogP) is 3.64. The van der Waals surface area contributed by atoms with Crippen molar-refractivity contribution < 1.29 is 35.9 Å². The second kappa shape index (κ2) is 8.14. The normalized spacial score (nSPS) is 13.0. The standard InChI is InChI=1S/C19H17F3O5S/c1-3-27-18(24)16(13-5-4-6-14(11-13)19(20,21)22)17(23)12-7-9-15(10-8-12)28(2,25)26/h4-11,16H,3H2,1-2H3. The molecule has 0 N–H and O–H groups in total. The van der Waals surface area contributed by atoms with Crippen molar-refractivity contribution in [3.8, 4) is 0 Å². The molecule has 2 aromatic rings. The molecule has 0 amide bonds. The Morgan fingerprint density at radius 1 is 1.07 bits per heavy atom. The molecule has 1 unspecified atom stereocenters. The van der Waals surface area contributed by atoms with Crippen LogP contribution in [0.3, 0.4) is 0 Å². The number of esters is 1. The highest BCUT2D eigenvalue weighted by Gasteiger charge is 2.35. The number of benzene rings is 2. The highest BCUT2D eigenvalue weighted by molar-refractivity contribution is 7.90. The molecule has 0 radical (unpaired) electrons. The van der Waals surface area contributed by atoms with Crippen molar-refractivity contribution >= 4 is 21.6 Å². The van der Waals surface area contributed by atoms with Gasteiger partial charge >= 0.3 is 12.1 Å². The lowest BCUT2D eigenvalue weighted by atomic mass is 9.89. The summed E-state index contributed by atoms with van der Waals surface area (Å²) >= 11 is 0. The Bertz CT molecular complexity index is 979. The third-order valence-electron chi connectivity index (χ3n) is 3.90. The summed E-state index contributed by atoms with van der Waals surface area (Å²) in [7, 11) is -3.49. The van der Waals surface area contributed by atoms with E-state index >= 15 is 0 Å². The van der Waals surface area contributed by atoms with Crippen molar-refractivity contribution in [3.05, 3.63) is 65.2 Å². The van der Waals surface area contributed by atoms with Crippen LogP contribution in [0.15, 0.2) is 53.4 Å². The van der Waals surface area contributed by atoms with Crippen LogP contribution in [0.4, 0.5) is 13.2 Å². The average Bonchev–Trinajstić information content (AvgIpc) is 2.61. The molecule has 0 heterocycles. The van der Waals surface area contributed by atoms with Crippen LogP contribution >= 0.6 is 0 Å². The van der Waals surface area contributed by atoms with Gasteiger partial charge in [-0.05, 0) is 30.7 Å². The number of hydrogen-bond donors (Lipinski definition) is 0. The van der Waals surface area contributed by atoms with Gasteiger partial charge in [0.1, 0.15) is 5.92 Å². The Morgan fingerprint density at radius 3 is 2.18 bits per heavy atom. The summed E-state index contributed by atoms with van der Waals surface area (Å²) in [6.07, 6.45) is -3.65. The smallest absolute Gasteiger partial charge is 0.416 e. The van der Waals surface area contributed by atoms with E-state index in [1.54, 1.807) is 0 Å². The van der Waals surface area contributed by atoms with Crippen LogP contribution in [-0.4, -0.2) is 33.0 Å².